The lowest BCUT2D eigenvalue weighted by Crippen LogP contribution is -2.39. The summed E-state index contributed by atoms with van der Waals surface area (Å²) < 4.78 is 5.10. The van der Waals surface area contributed by atoms with Crippen molar-refractivity contribution in [1.82, 2.24) is 0 Å². The summed E-state index contributed by atoms with van der Waals surface area (Å²) in [5.74, 6) is -0.204. The Morgan fingerprint density at radius 1 is 1.26 bits per heavy atom. The van der Waals surface area contributed by atoms with E-state index in [0.717, 1.165) is 0 Å². The van der Waals surface area contributed by atoms with Gasteiger partial charge in [-0.1, -0.05) is 13.8 Å². The number of benzene rings is 1. The lowest BCUT2D eigenvalue weighted by molar-refractivity contribution is -0.120. The predicted octanol–water partition coefficient (Wildman–Crippen LogP) is 0.473. The average molecular weight is 265 g/mol. The van der Waals surface area contributed by atoms with E-state index in [4.69, 9.17) is 16.2 Å². The summed E-state index contributed by atoms with van der Waals surface area (Å²) in [6.45, 7) is 3.58. The highest BCUT2D eigenvalue weighted by atomic mass is 16.5. The highest BCUT2D eigenvalue weighted by Gasteiger charge is 2.16. The van der Waals surface area contributed by atoms with Crippen molar-refractivity contribution in [1.29, 1.82) is 0 Å². The van der Waals surface area contributed by atoms with Crippen LogP contribution in [0.3, 0.4) is 0 Å². The Hall–Kier alpha value is -2.08. The molecule has 1 atom stereocenters. The molecule has 0 heterocycles. The summed E-state index contributed by atoms with van der Waals surface area (Å²) in [7, 11) is 0. The van der Waals surface area contributed by atoms with Gasteiger partial charge in [0.05, 0.1) is 6.04 Å². The van der Waals surface area contributed by atoms with Gasteiger partial charge in [0.2, 0.25) is 5.91 Å². The number of nitrogens with one attached hydrogen (secondary N) is 1. The molecule has 0 aromatic heterocycles. The molecule has 0 aliphatic rings. The van der Waals surface area contributed by atoms with Crippen LogP contribution in [0.5, 0.6) is 5.75 Å². The van der Waals surface area contributed by atoms with Crippen LogP contribution in [0, 0.1) is 5.92 Å². The van der Waals surface area contributed by atoms with Gasteiger partial charge in [0.1, 0.15) is 5.75 Å². The molecule has 0 saturated heterocycles. The lowest BCUT2D eigenvalue weighted by Gasteiger charge is -2.15. The SMILES string of the molecule is CC(C)[C@@H](N)C(=O)Nc1ccc(OCC(N)=O)cc1. The number of carbonyl (C=O) groups excluding carboxylic acids is 2. The van der Waals surface area contributed by atoms with Gasteiger partial charge in [-0.25, -0.2) is 0 Å². The van der Waals surface area contributed by atoms with Crippen LogP contribution in [0.2, 0.25) is 0 Å². The minimum absolute atomic E-state index is 0.0678. The number of anilines is 1. The zero-order chi connectivity index (χ0) is 14.4. The van der Waals surface area contributed by atoms with Gasteiger partial charge in [0.15, 0.2) is 6.61 Å². The van der Waals surface area contributed by atoms with Crippen LogP contribution in [0.15, 0.2) is 24.3 Å². The number of hydrogen-bond acceptors (Lipinski definition) is 4. The zero-order valence-electron chi connectivity index (χ0n) is 11.1. The maximum atomic E-state index is 11.7. The first-order valence-electron chi connectivity index (χ1n) is 5.97. The molecule has 0 bridgehead atoms. The van der Waals surface area contributed by atoms with Crippen LogP contribution in [-0.4, -0.2) is 24.5 Å². The second-order valence-electron chi connectivity index (χ2n) is 4.54. The van der Waals surface area contributed by atoms with Gasteiger partial charge in [0, 0.05) is 5.69 Å². The van der Waals surface area contributed by atoms with Crippen LogP contribution >= 0.6 is 0 Å². The molecule has 1 aromatic carbocycles. The van der Waals surface area contributed by atoms with E-state index in [9.17, 15) is 9.59 Å². The molecule has 0 aliphatic heterocycles. The smallest absolute Gasteiger partial charge is 0.255 e. The monoisotopic (exact) mass is 265 g/mol. The van der Waals surface area contributed by atoms with E-state index in [-0.39, 0.29) is 18.4 Å². The Morgan fingerprint density at radius 2 is 1.84 bits per heavy atom. The van der Waals surface area contributed by atoms with Crippen LogP contribution in [-0.2, 0) is 9.59 Å². The molecule has 0 unspecified atom stereocenters. The average Bonchev–Trinajstić information content (AvgIpc) is 2.36. The Kier molecular flexibility index (Phi) is 5.32. The van der Waals surface area contributed by atoms with Gasteiger partial charge in [0.25, 0.3) is 5.91 Å². The molecule has 1 rings (SSSR count). The first-order valence-corrected chi connectivity index (χ1v) is 5.97. The topological polar surface area (TPSA) is 107 Å². The zero-order valence-corrected chi connectivity index (χ0v) is 11.1. The normalized spacial score (nSPS) is 12.0. The van der Waals surface area contributed by atoms with E-state index in [1.54, 1.807) is 24.3 Å². The minimum atomic E-state index is -0.550. The molecule has 0 fully saturated rings. The summed E-state index contributed by atoms with van der Waals surface area (Å²) in [5.41, 5.74) is 11.3. The molecule has 1 aromatic rings. The Balaban J connectivity index is 2.57. The van der Waals surface area contributed by atoms with E-state index in [2.05, 4.69) is 5.32 Å². The number of hydrogen-bond donors (Lipinski definition) is 3. The van der Waals surface area contributed by atoms with E-state index >= 15 is 0 Å². The minimum Gasteiger partial charge on any atom is -0.484 e. The molecule has 5 N–H and O–H groups in total. The van der Waals surface area contributed by atoms with Crippen molar-refractivity contribution in [2.75, 3.05) is 11.9 Å². The fourth-order valence-electron chi connectivity index (χ4n) is 1.32. The van der Waals surface area contributed by atoms with Crippen LogP contribution < -0.4 is 21.5 Å². The standard InChI is InChI=1S/C13H19N3O3/c1-8(2)12(15)13(18)16-9-3-5-10(6-4-9)19-7-11(14)17/h3-6,8,12H,7,15H2,1-2H3,(H2,14,17)(H,16,18)/t12-/m1/s1. The fraction of sp³-hybridized carbons (Fsp3) is 0.385. The summed E-state index contributed by atoms with van der Waals surface area (Å²) >= 11 is 0. The Morgan fingerprint density at radius 3 is 2.32 bits per heavy atom. The number of primary amides is 1. The second kappa shape index (κ2) is 6.75. The first kappa shape index (κ1) is 15.0. The van der Waals surface area contributed by atoms with Gasteiger partial charge in [-0.3, -0.25) is 9.59 Å². The molecule has 19 heavy (non-hydrogen) atoms. The van der Waals surface area contributed by atoms with Crippen molar-refractivity contribution in [3.05, 3.63) is 24.3 Å². The summed E-state index contributed by atoms with van der Waals surface area (Å²) in [4.78, 5) is 22.3. The largest absolute Gasteiger partial charge is 0.484 e. The molecular formula is C13H19N3O3. The van der Waals surface area contributed by atoms with Crippen molar-refractivity contribution in [3.8, 4) is 5.75 Å². The molecule has 0 radical (unpaired) electrons. The van der Waals surface area contributed by atoms with E-state index in [0.29, 0.717) is 11.4 Å². The second-order valence-corrected chi connectivity index (χ2v) is 4.54. The quantitative estimate of drug-likeness (QED) is 0.695. The predicted molar refractivity (Wildman–Crippen MR) is 72.6 cm³/mol. The van der Waals surface area contributed by atoms with Crippen LogP contribution in [0.4, 0.5) is 5.69 Å². The van der Waals surface area contributed by atoms with Gasteiger partial charge in [-0.15, -0.1) is 0 Å². The van der Waals surface area contributed by atoms with Gasteiger partial charge in [-0.2, -0.15) is 0 Å². The van der Waals surface area contributed by atoms with Crippen molar-refractivity contribution in [2.24, 2.45) is 17.4 Å². The number of nitrogens with two attached hydrogens (primary N) is 2. The van der Waals surface area contributed by atoms with Crippen molar-refractivity contribution in [3.63, 3.8) is 0 Å². The maximum absolute atomic E-state index is 11.7. The molecule has 104 valence electrons. The van der Waals surface area contributed by atoms with Gasteiger partial charge < -0.3 is 21.5 Å². The van der Waals surface area contributed by atoms with E-state index < -0.39 is 11.9 Å². The van der Waals surface area contributed by atoms with Gasteiger partial charge in [-0.05, 0) is 30.2 Å². The highest BCUT2D eigenvalue weighted by molar-refractivity contribution is 5.94. The fourth-order valence-corrected chi connectivity index (χ4v) is 1.32. The third kappa shape index (κ3) is 4.97. The van der Waals surface area contributed by atoms with Crippen molar-refractivity contribution in [2.45, 2.75) is 19.9 Å². The summed E-state index contributed by atoms with van der Waals surface area (Å²) in [6, 6.07) is 6.06. The maximum Gasteiger partial charge on any atom is 0.255 e. The molecule has 0 saturated carbocycles. The Labute approximate surface area is 112 Å². The number of rotatable bonds is 6. The van der Waals surface area contributed by atoms with Gasteiger partial charge >= 0.3 is 0 Å². The third-order valence-corrected chi connectivity index (χ3v) is 2.52. The lowest BCUT2D eigenvalue weighted by atomic mass is 10.1. The van der Waals surface area contributed by atoms with Crippen molar-refractivity contribution < 1.29 is 14.3 Å². The summed E-state index contributed by atoms with van der Waals surface area (Å²) in [5, 5.41) is 2.70. The molecule has 6 nitrogen and oxygen atoms in total. The van der Waals surface area contributed by atoms with Crippen LogP contribution in [0.1, 0.15) is 13.8 Å². The molecule has 2 amide bonds. The number of ether oxygens (including phenoxy) is 1. The first-order chi connectivity index (χ1) is 8.90. The Bertz CT molecular complexity index is 443. The summed E-state index contributed by atoms with van der Waals surface area (Å²) in [6.07, 6.45) is 0. The number of amides is 2. The van der Waals surface area contributed by atoms with E-state index in [1.165, 1.54) is 0 Å². The number of carbonyl (C=O) groups is 2. The molecular weight excluding hydrogens is 246 g/mol. The molecule has 6 heteroatoms. The molecule has 0 aliphatic carbocycles. The third-order valence-electron chi connectivity index (χ3n) is 2.52. The molecule has 0 spiro atoms. The highest BCUT2D eigenvalue weighted by Crippen LogP contribution is 2.16. The van der Waals surface area contributed by atoms with E-state index in [1.807, 2.05) is 13.8 Å². The van der Waals surface area contributed by atoms with Crippen molar-refractivity contribution >= 4 is 17.5 Å². The van der Waals surface area contributed by atoms with Crippen LogP contribution in [0.25, 0.3) is 0 Å².